The van der Waals surface area contributed by atoms with Crippen LogP contribution in [-0.4, -0.2) is 17.4 Å². The van der Waals surface area contributed by atoms with E-state index in [1.165, 1.54) is 24.8 Å². The molecule has 0 N–H and O–H groups in total. The van der Waals surface area contributed by atoms with E-state index in [0.29, 0.717) is 29.5 Å². The van der Waals surface area contributed by atoms with Crippen molar-refractivity contribution in [2.75, 3.05) is 0 Å². The molecule has 9 atom stereocenters. The van der Waals surface area contributed by atoms with Crippen LogP contribution in [0, 0.1) is 46.8 Å². The van der Waals surface area contributed by atoms with Gasteiger partial charge in [0.25, 0.3) is 0 Å². The highest BCUT2D eigenvalue weighted by molar-refractivity contribution is 5.91. The molecule has 3 unspecified atom stereocenters. The quantitative estimate of drug-likeness (QED) is 0.643. The molecule has 1 spiro atoms. The van der Waals surface area contributed by atoms with E-state index < -0.39 is 0 Å². The predicted octanol–water partition coefficient (Wildman–Crippen LogP) is 4.47. The van der Waals surface area contributed by atoms with Crippen LogP contribution < -0.4 is 0 Å². The van der Waals surface area contributed by atoms with Gasteiger partial charge in [0.1, 0.15) is 5.60 Å². The van der Waals surface area contributed by atoms with Gasteiger partial charge in [-0.25, -0.2) is 4.79 Å². The number of rotatable bonds is 1. The molecule has 4 fully saturated rings. The number of ketones is 1. The highest BCUT2D eigenvalue weighted by Gasteiger charge is 2.79. The zero-order valence-corrected chi connectivity index (χ0v) is 16.4. The second kappa shape index (κ2) is 5.15. The number of fused-ring (bicyclic) bond motifs is 9. The SMILES string of the molecule is CC[C@]12CCC3C(C1[C@H]1C[C@H]1[C@@]21C=CC(=O)O1)[C@H](C)CC1=CC(=O)CC[C@@H]13. The molecule has 0 aromatic rings. The molecule has 0 aromatic carbocycles. The molecule has 5 aliphatic carbocycles. The molecule has 0 saturated heterocycles. The average Bonchev–Trinajstić information content (AvgIpc) is 3.30. The summed E-state index contributed by atoms with van der Waals surface area (Å²) in [6, 6.07) is 0. The zero-order valence-electron chi connectivity index (χ0n) is 16.4. The van der Waals surface area contributed by atoms with Gasteiger partial charge in [0.05, 0.1) is 0 Å². The minimum atomic E-state index is -0.308. The Morgan fingerprint density at radius 3 is 2.81 bits per heavy atom. The lowest BCUT2D eigenvalue weighted by atomic mass is 9.46. The van der Waals surface area contributed by atoms with Crippen molar-refractivity contribution in [2.45, 2.75) is 64.4 Å². The summed E-state index contributed by atoms with van der Waals surface area (Å²) < 4.78 is 6.16. The Morgan fingerprint density at radius 1 is 1.22 bits per heavy atom. The fraction of sp³-hybridized carbons (Fsp3) is 0.750. The molecule has 27 heavy (non-hydrogen) atoms. The minimum absolute atomic E-state index is 0.121. The van der Waals surface area contributed by atoms with Crippen LogP contribution in [0.2, 0.25) is 0 Å². The smallest absolute Gasteiger partial charge is 0.331 e. The van der Waals surface area contributed by atoms with E-state index in [1.807, 2.05) is 6.08 Å². The molecule has 1 aliphatic heterocycles. The summed E-state index contributed by atoms with van der Waals surface area (Å²) in [6.45, 7) is 4.76. The van der Waals surface area contributed by atoms with Crippen molar-refractivity contribution in [2.24, 2.45) is 46.8 Å². The first-order valence-electron chi connectivity index (χ1n) is 11.2. The summed E-state index contributed by atoms with van der Waals surface area (Å²) in [6.07, 6.45) is 13.6. The van der Waals surface area contributed by atoms with Crippen molar-refractivity contribution in [1.29, 1.82) is 0 Å². The van der Waals surface area contributed by atoms with Crippen LogP contribution in [0.1, 0.15) is 58.8 Å². The van der Waals surface area contributed by atoms with Gasteiger partial charge in [0.15, 0.2) is 5.78 Å². The third-order valence-corrected chi connectivity index (χ3v) is 9.72. The van der Waals surface area contributed by atoms with E-state index in [-0.39, 0.29) is 17.0 Å². The Bertz CT molecular complexity index is 793. The molecule has 0 bridgehead atoms. The molecule has 6 rings (SSSR count). The molecule has 3 heteroatoms. The van der Waals surface area contributed by atoms with E-state index in [9.17, 15) is 9.59 Å². The van der Waals surface area contributed by atoms with Gasteiger partial charge in [-0.05, 0) is 86.2 Å². The van der Waals surface area contributed by atoms with E-state index in [0.717, 1.165) is 43.4 Å². The molecule has 0 aromatic heterocycles. The number of carbonyl (C=O) groups excluding carboxylic acids is 2. The monoisotopic (exact) mass is 366 g/mol. The summed E-state index contributed by atoms with van der Waals surface area (Å²) in [7, 11) is 0. The Kier molecular flexibility index (Phi) is 3.16. The number of hydrogen-bond donors (Lipinski definition) is 0. The maximum absolute atomic E-state index is 12.1. The van der Waals surface area contributed by atoms with Crippen LogP contribution in [0.5, 0.6) is 0 Å². The minimum Gasteiger partial charge on any atom is -0.451 e. The van der Waals surface area contributed by atoms with Crippen LogP contribution in [0.4, 0.5) is 0 Å². The van der Waals surface area contributed by atoms with E-state index >= 15 is 0 Å². The normalized spacial score (nSPS) is 54.7. The van der Waals surface area contributed by atoms with Crippen molar-refractivity contribution >= 4 is 11.8 Å². The number of ether oxygens (including phenoxy) is 1. The van der Waals surface area contributed by atoms with Gasteiger partial charge in [0.2, 0.25) is 0 Å². The first-order valence-corrected chi connectivity index (χ1v) is 11.2. The molecular formula is C24H30O3. The second-order valence-electron chi connectivity index (χ2n) is 10.4. The van der Waals surface area contributed by atoms with Gasteiger partial charge >= 0.3 is 5.97 Å². The molecular weight excluding hydrogens is 336 g/mol. The van der Waals surface area contributed by atoms with E-state index in [2.05, 4.69) is 19.9 Å². The van der Waals surface area contributed by atoms with E-state index in [4.69, 9.17) is 4.74 Å². The summed E-state index contributed by atoms with van der Waals surface area (Å²) in [5.41, 5.74) is 1.29. The lowest BCUT2D eigenvalue weighted by Crippen LogP contribution is -2.57. The molecule has 6 aliphatic rings. The van der Waals surface area contributed by atoms with Gasteiger partial charge in [-0.2, -0.15) is 0 Å². The third-order valence-electron chi connectivity index (χ3n) is 9.72. The highest BCUT2D eigenvalue weighted by Crippen LogP contribution is 2.79. The molecule has 0 amide bonds. The number of hydrogen-bond acceptors (Lipinski definition) is 3. The molecule has 3 nitrogen and oxygen atoms in total. The maximum Gasteiger partial charge on any atom is 0.331 e. The van der Waals surface area contributed by atoms with Crippen molar-refractivity contribution in [1.82, 2.24) is 0 Å². The highest BCUT2D eigenvalue weighted by atomic mass is 16.6. The molecule has 0 radical (unpaired) electrons. The number of esters is 1. The standard InChI is InChI=1S/C24H30O3/c1-3-23-8-6-17-16-5-4-15(25)11-14(16)10-13(2)21(17)22(23)18-12-19(18)24(23)9-7-20(26)27-24/h7,9,11,13,16-19,21-22H,3-6,8,10,12H2,1-2H3/t13-,16+,17?,18+,19-,21?,22?,23+,24+/m1/s1. The van der Waals surface area contributed by atoms with Crippen LogP contribution in [0.15, 0.2) is 23.8 Å². The van der Waals surface area contributed by atoms with Gasteiger partial charge in [-0.3, -0.25) is 4.79 Å². The van der Waals surface area contributed by atoms with Crippen molar-refractivity contribution in [3.63, 3.8) is 0 Å². The third kappa shape index (κ3) is 1.85. The van der Waals surface area contributed by atoms with Crippen LogP contribution in [0.3, 0.4) is 0 Å². The number of carbonyl (C=O) groups is 2. The lowest BCUT2D eigenvalue weighted by Gasteiger charge is -2.59. The Balaban J connectivity index is 1.43. The summed E-state index contributed by atoms with van der Waals surface area (Å²) in [4.78, 5) is 24.1. The topological polar surface area (TPSA) is 43.4 Å². The first kappa shape index (κ1) is 16.6. The Labute approximate surface area is 161 Å². The Morgan fingerprint density at radius 2 is 2.07 bits per heavy atom. The predicted molar refractivity (Wildman–Crippen MR) is 102 cm³/mol. The lowest BCUT2D eigenvalue weighted by molar-refractivity contribution is -0.174. The summed E-state index contributed by atoms with van der Waals surface area (Å²) >= 11 is 0. The fourth-order valence-corrected chi connectivity index (χ4v) is 8.95. The van der Waals surface area contributed by atoms with Crippen LogP contribution >= 0.6 is 0 Å². The van der Waals surface area contributed by atoms with Crippen molar-refractivity contribution in [3.05, 3.63) is 23.8 Å². The first-order chi connectivity index (χ1) is 13.0. The number of allylic oxidation sites excluding steroid dienone is 1. The van der Waals surface area contributed by atoms with Crippen molar-refractivity contribution in [3.8, 4) is 0 Å². The van der Waals surface area contributed by atoms with Gasteiger partial charge < -0.3 is 4.74 Å². The molecule has 1 heterocycles. The van der Waals surface area contributed by atoms with Gasteiger partial charge in [-0.15, -0.1) is 0 Å². The maximum atomic E-state index is 12.1. The van der Waals surface area contributed by atoms with Crippen molar-refractivity contribution < 1.29 is 14.3 Å². The molecule has 144 valence electrons. The Hall–Kier alpha value is -1.38. The summed E-state index contributed by atoms with van der Waals surface area (Å²) in [5, 5.41) is 0. The van der Waals surface area contributed by atoms with Crippen LogP contribution in [0.25, 0.3) is 0 Å². The van der Waals surface area contributed by atoms with E-state index in [1.54, 1.807) is 6.08 Å². The van der Waals surface area contributed by atoms with Gasteiger partial charge in [-0.1, -0.05) is 19.4 Å². The zero-order chi connectivity index (χ0) is 18.6. The van der Waals surface area contributed by atoms with Crippen LogP contribution in [-0.2, 0) is 14.3 Å². The second-order valence-corrected chi connectivity index (χ2v) is 10.4. The molecule has 4 saturated carbocycles. The van der Waals surface area contributed by atoms with Gasteiger partial charge in [0, 0.05) is 23.8 Å². The fourth-order valence-electron chi connectivity index (χ4n) is 8.95. The average molecular weight is 367 g/mol. The largest absolute Gasteiger partial charge is 0.451 e. The summed E-state index contributed by atoms with van der Waals surface area (Å²) in [5.74, 6) is 4.95.